The molecule has 1 aliphatic heterocycles. The second-order valence-electron chi connectivity index (χ2n) is 4.09. The maximum Gasteiger partial charge on any atom is 0.234 e. The fourth-order valence-electron chi connectivity index (χ4n) is 1.85. The first-order chi connectivity index (χ1) is 8.69. The molecule has 0 bridgehead atoms. The highest BCUT2D eigenvalue weighted by Gasteiger charge is 2.21. The summed E-state index contributed by atoms with van der Waals surface area (Å²) in [6.45, 7) is 1.65. The number of aromatic nitrogens is 2. The van der Waals surface area contributed by atoms with Crippen LogP contribution in [0.1, 0.15) is 12.8 Å². The number of amides is 1. The van der Waals surface area contributed by atoms with Crippen molar-refractivity contribution in [3.8, 4) is 5.88 Å². The molecule has 2 heterocycles. The van der Waals surface area contributed by atoms with Gasteiger partial charge in [0.05, 0.1) is 13.0 Å². The summed E-state index contributed by atoms with van der Waals surface area (Å²) < 4.78 is 4.96. The molecule has 1 amide bonds. The van der Waals surface area contributed by atoms with Crippen LogP contribution in [0, 0.1) is 5.92 Å². The Morgan fingerprint density at radius 1 is 1.61 bits per heavy atom. The number of halogens is 1. The van der Waals surface area contributed by atoms with Gasteiger partial charge in [0.25, 0.3) is 0 Å². The average Bonchev–Trinajstić information content (AvgIpc) is 2.39. The van der Waals surface area contributed by atoms with Gasteiger partial charge in [-0.05, 0) is 19.4 Å². The normalized spacial score (nSPS) is 19.3. The molecule has 7 heteroatoms. The van der Waals surface area contributed by atoms with Crippen molar-refractivity contribution in [1.82, 2.24) is 15.3 Å². The quantitative estimate of drug-likeness (QED) is 0.804. The summed E-state index contributed by atoms with van der Waals surface area (Å²) in [6.07, 6.45) is 1.87. The number of nitrogens with one attached hydrogen (secondary N) is 2. The first kappa shape index (κ1) is 13.0. The van der Waals surface area contributed by atoms with Crippen molar-refractivity contribution >= 4 is 23.5 Å². The van der Waals surface area contributed by atoms with E-state index in [1.165, 1.54) is 13.2 Å². The Hall–Kier alpha value is -1.40. The van der Waals surface area contributed by atoms with Crippen LogP contribution in [0.2, 0.25) is 5.15 Å². The number of methoxy groups -OCH3 is 1. The van der Waals surface area contributed by atoms with Gasteiger partial charge in [-0.15, -0.1) is 0 Å². The molecule has 0 unspecified atom stereocenters. The topological polar surface area (TPSA) is 76.1 Å². The first-order valence-corrected chi connectivity index (χ1v) is 6.17. The lowest BCUT2D eigenvalue weighted by atomic mass is 9.99. The Bertz CT molecular complexity index is 435. The highest BCUT2D eigenvalue weighted by molar-refractivity contribution is 6.29. The molecule has 1 atom stereocenters. The van der Waals surface area contributed by atoms with Crippen molar-refractivity contribution in [3.05, 3.63) is 11.2 Å². The summed E-state index contributed by atoms with van der Waals surface area (Å²) in [6, 6.07) is 1.49. The van der Waals surface area contributed by atoms with Gasteiger partial charge in [-0.1, -0.05) is 11.6 Å². The highest BCUT2D eigenvalue weighted by atomic mass is 35.5. The average molecular weight is 271 g/mol. The van der Waals surface area contributed by atoms with Gasteiger partial charge in [0.15, 0.2) is 0 Å². The van der Waals surface area contributed by atoms with Gasteiger partial charge in [-0.2, -0.15) is 4.98 Å². The van der Waals surface area contributed by atoms with Gasteiger partial charge in [-0.3, -0.25) is 10.1 Å². The minimum absolute atomic E-state index is 0.0488. The van der Waals surface area contributed by atoms with Gasteiger partial charge in [0, 0.05) is 12.6 Å². The molecular formula is C11H15ClN4O2. The molecule has 1 saturated heterocycles. The second kappa shape index (κ2) is 5.97. The van der Waals surface area contributed by atoms with E-state index in [4.69, 9.17) is 16.3 Å². The summed E-state index contributed by atoms with van der Waals surface area (Å²) in [4.78, 5) is 19.9. The van der Waals surface area contributed by atoms with Gasteiger partial charge >= 0.3 is 0 Å². The Morgan fingerprint density at radius 3 is 3.11 bits per heavy atom. The molecule has 2 rings (SSSR count). The SMILES string of the molecule is COc1cc(Cl)nc(NC(=O)[C@H]2CCCNC2)n1. The molecule has 0 spiro atoms. The van der Waals surface area contributed by atoms with Gasteiger partial charge < -0.3 is 10.1 Å². The smallest absolute Gasteiger partial charge is 0.234 e. The van der Waals surface area contributed by atoms with Crippen molar-refractivity contribution in [1.29, 1.82) is 0 Å². The number of carbonyl (C=O) groups excluding carboxylic acids is 1. The van der Waals surface area contributed by atoms with E-state index in [0.29, 0.717) is 12.4 Å². The van der Waals surface area contributed by atoms with Crippen LogP contribution in [-0.4, -0.2) is 36.1 Å². The summed E-state index contributed by atoms with van der Waals surface area (Å²) in [5.41, 5.74) is 0. The lowest BCUT2D eigenvalue weighted by Crippen LogP contribution is -2.37. The Labute approximate surface area is 110 Å². The number of nitrogens with zero attached hydrogens (tertiary/aromatic N) is 2. The van der Waals surface area contributed by atoms with Crippen molar-refractivity contribution in [2.75, 3.05) is 25.5 Å². The van der Waals surface area contributed by atoms with Crippen molar-refractivity contribution in [2.45, 2.75) is 12.8 Å². The van der Waals surface area contributed by atoms with Gasteiger partial charge in [-0.25, -0.2) is 4.98 Å². The van der Waals surface area contributed by atoms with E-state index in [1.807, 2.05) is 0 Å². The molecule has 2 N–H and O–H groups in total. The predicted molar refractivity (Wildman–Crippen MR) is 67.8 cm³/mol. The standard InChI is InChI=1S/C11H15ClN4O2/c1-18-9-5-8(12)14-11(15-9)16-10(17)7-3-2-4-13-6-7/h5,7,13H,2-4,6H2,1H3,(H,14,15,16,17)/t7-/m0/s1. The van der Waals surface area contributed by atoms with Crippen LogP contribution in [0.15, 0.2) is 6.07 Å². The maximum atomic E-state index is 12.0. The van der Waals surface area contributed by atoms with Crippen molar-refractivity contribution in [2.24, 2.45) is 5.92 Å². The van der Waals surface area contributed by atoms with Gasteiger partial charge in [0.1, 0.15) is 5.15 Å². The molecule has 0 saturated carbocycles. The lowest BCUT2D eigenvalue weighted by molar-refractivity contribution is -0.120. The Kier molecular flexibility index (Phi) is 4.33. The number of hydrogen-bond acceptors (Lipinski definition) is 5. The highest BCUT2D eigenvalue weighted by Crippen LogP contribution is 2.17. The third-order valence-electron chi connectivity index (χ3n) is 2.78. The molecule has 0 radical (unpaired) electrons. The third-order valence-corrected chi connectivity index (χ3v) is 2.98. The maximum absolute atomic E-state index is 12.0. The van der Waals surface area contributed by atoms with E-state index in [-0.39, 0.29) is 22.9 Å². The zero-order valence-electron chi connectivity index (χ0n) is 10.1. The molecule has 1 aliphatic rings. The van der Waals surface area contributed by atoms with Crippen LogP contribution in [0.25, 0.3) is 0 Å². The number of piperidine rings is 1. The molecule has 1 aromatic rings. The molecule has 98 valence electrons. The molecule has 6 nitrogen and oxygen atoms in total. The van der Waals surface area contributed by atoms with E-state index >= 15 is 0 Å². The van der Waals surface area contributed by atoms with E-state index in [0.717, 1.165) is 19.4 Å². The fourth-order valence-corrected chi connectivity index (χ4v) is 2.02. The van der Waals surface area contributed by atoms with Crippen LogP contribution >= 0.6 is 11.6 Å². The van der Waals surface area contributed by atoms with Crippen LogP contribution in [0.3, 0.4) is 0 Å². The summed E-state index contributed by atoms with van der Waals surface area (Å²) in [7, 11) is 1.48. The molecule has 1 aromatic heterocycles. The summed E-state index contributed by atoms with van der Waals surface area (Å²) in [5.74, 6) is 0.362. The van der Waals surface area contributed by atoms with Crippen molar-refractivity contribution < 1.29 is 9.53 Å². The fraction of sp³-hybridized carbons (Fsp3) is 0.545. The predicted octanol–water partition coefficient (Wildman–Crippen LogP) is 1.08. The van der Waals surface area contributed by atoms with E-state index < -0.39 is 0 Å². The number of carbonyl (C=O) groups is 1. The Balaban J connectivity index is 2.03. The number of anilines is 1. The molecular weight excluding hydrogens is 256 g/mol. The van der Waals surface area contributed by atoms with Crippen LogP contribution < -0.4 is 15.4 Å². The third kappa shape index (κ3) is 3.30. The molecule has 0 aliphatic carbocycles. The lowest BCUT2D eigenvalue weighted by Gasteiger charge is -2.21. The number of hydrogen-bond donors (Lipinski definition) is 2. The van der Waals surface area contributed by atoms with Gasteiger partial charge in [0.2, 0.25) is 17.7 Å². The number of rotatable bonds is 3. The molecule has 0 aromatic carbocycles. The monoisotopic (exact) mass is 270 g/mol. The summed E-state index contributed by atoms with van der Waals surface area (Å²) in [5, 5.41) is 6.08. The summed E-state index contributed by atoms with van der Waals surface area (Å²) >= 11 is 5.80. The number of ether oxygens (including phenoxy) is 1. The Morgan fingerprint density at radius 2 is 2.44 bits per heavy atom. The van der Waals surface area contributed by atoms with Crippen LogP contribution in [0.4, 0.5) is 5.95 Å². The zero-order chi connectivity index (χ0) is 13.0. The van der Waals surface area contributed by atoms with E-state index in [2.05, 4.69) is 20.6 Å². The van der Waals surface area contributed by atoms with Crippen molar-refractivity contribution in [3.63, 3.8) is 0 Å². The van der Waals surface area contributed by atoms with E-state index in [9.17, 15) is 4.79 Å². The first-order valence-electron chi connectivity index (χ1n) is 5.79. The second-order valence-corrected chi connectivity index (χ2v) is 4.48. The molecule has 18 heavy (non-hydrogen) atoms. The van der Waals surface area contributed by atoms with Crippen LogP contribution in [-0.2, 0) is 4.79 Å². The largest absolute Gasteiger partial charge is 0.481 e. The molecule has 1 fully saturated rings. The minimum Gasteiger partial charge on any atom is -0.481 e. The zero-order valence-corrected chi connectivity index (χ0v) is 10.8. The van der Waals surface area contributed by atoms with Crippen LogP contribution in [0.5, 0.6) is 5.88 Å². The minimum atomic E-state index is -0.0912. The van der Waals surface area contributed by atoms with E-state index in [1.54, 1.807) is 0 Å².